The Morgan fingerprint density at radius 3 is 2.42 bits per heavy atom. The van der Waals surface area contributed by atoms with Crippen LogP contribution in [-0.2, 0) is 19.9 Å². The third-order valence-electron chi connectivity index (χ3n) is 3.41. The molecule has 114 valence electrons. The van der Waals surface area contributed by atoms with Gasteiger partial charge in [-0.15, -0.1) is 0 Å². The standard InChI is InChI=1S/C11H23NO5S2/c1-10-4-3-5-11(13,8-10)9-12-19(16,17)7-6-18(2,14)15/h10,12-13H,3-9H2,1-2H3. The molecule has 0 aromatic rings. The van der Waals surface area contributed by atoms with E-state index in [1.54, 1.807) is 0 Å². The first-order chi connectivity index (χ1) is 8.52. The molecule has 0 bridgehead atoms. The fourth-order valence-corrected chi connectivity index (χ4v) is 5.09. The number of nitrogens with one attached hydrogen (secondary N) is 1. The van der Waals surface area contributed by atoms with Crippen molar-refractivity contribution in [2.45, 2.75) is 38.2 Å². The summed E-state index contributed by atoms with van der Waals surface area (Å²) in [6.45, 7) is 1.99. The van der Waals surface area contributed by atoms with Crippen molar-refractivity contribution >= 4 is 19.9 Å². The first-order valence-electron chi connectivity index (χ1n) is 6.39. The van der Waals surface area contributed by atoms with E-state index >= 15 is 0 Å². The lowest BCUT2D eigenvalue weighted by atomic mass is 9.79. The van der Waals surface area contributed by atoms with Gasteiger partial charge in [0.1, 0.15) is 9.84 Å². The van der Waals surface area contributed by atoms with Crippen molar-refractivity contribution in [2.75, 3.05) is 24.3 Å². The lowest BCUT2D eigenvalue weighted by molar-refractivity contribution is -0.00750. The maximum atomic E-state index is 11.7. The smallest absolute Gasteiger partial charge is 0.212 e. The molecule has 0 aromatic carbocycles. The zero-order valence-electron chi connectivity index (χ0n) is 11.4. The van der Waals surface area contributed by atoms with Crippen LogP contribution in [0.2, 0.25) is 0 Å². The molecule has 2 unspecified atom stereocenters. The van der Waals surface area contributed by atoms with Crippen LogP contribution >= 0.6 is 0 Å². The van der Waals surface area contributed by atoms with E-state index in [1.807, 2.05) is 6.92 Å². The summed E-state index contributed by atoms with van der Waals surface area (Å²) in [4.78, 5) is 0. The number of hydrogen-bond acceptors (Lipinski definition) is 5. The second-order valence-electron chi connectivity index (χ2n) is 5.70. The molecule has 0 radical (unpaired) electrons. The number of sulfonamides is 1. The Morgan fingerprint density at radius 2 is 1.89 bits per heavy atom. The van der Waals surface area contributed by atoms with Gasteiger partial charge in [-0.25, -0.2) is 21.6 Å². The van der Waals surface area contributed by atoms with Gasteiger partial charge in [-0.1, -0.05) is 19.8 Å². The molecule has 0 aromatic heterocycles. The van der Waals surface area contributed by atoms with Crippen molar-refractivity contribution in [1.82, 2.24) is 4.72 Å². The minimum absolute atomic E-state index is 0.0383. The maximum absolute atomic E-state index is 11.7. The molecule has 0 saturated heterocycles. The molecule has 2 atom stereocenters. The second-order valence-corrected chi connectivity index (χ2v) is 9.88. The topological polar surface area (TPSA) is 101 Å². The van der Waals surface area contributed by atoms with Gasteiger partial charge < -0.3 is 5.11 Å². The minimum Gasteiger partial charge on any atom is -0.389 e. The first-order valence-corrected chi connectivity index (χ1v) is 10.1. The Labute approximate surface area is 115 Å². The summed E-state index contributed by atoms with van der Waals surface area (Å²) >= 11 is 0. The van der Waals surface area contributed by atoms with Gasteiger partial charge in [0.15, 0.2) is 0 Å². The number of sulfone groups is 1. The lowest BCUT2D eigenvalue weighted by Crippen LogP contribution is -2.46. The van der Waals surface area contributed by atoms with E-state index in [9.17, 15) is 21.9 Å². The van der Waals surface area contributed by atoms with Crippen LogP contribution in [0.15, 0.2) is 0 Å². The molecule has 1 rings (SSSR count). The summed E-state index contributed by atoms with van der Waals surface area (Å²) in [6, 6.07) is 0. The van der Waals surface area contributed by atoms with Crippen molar-refractivity contribution in [3.63, 3.8) is 0 Å². The maximum Gasteiger partial charge on any atom is 0.212 e. The van der Waals surface area contributed by atoms with Crippen molar-refractivity contribution < 1.29 is 21.9 Å². The quantitative estimate of drug-likeness (QED) is 0.713. The largest absolute Gasteiger partial charge is 0.389 e. The van der Waals surface area contributed by atoms with Gasteiger partial charge in [0.05, 0.1) is 17.1 Å². The molecule has 0 amide bonds. The number of rotatable bonds is 6. The number of hydrogen-bond donors (Lipinski definition) is 2. The Kier molecular flexibility index (Phi) is 5.39. The monoisotopic (exact) mass is 313 g/mol. The predicted molar refractivity (Wildman–Crippen MR) is 74.1 cm³/mol. The van der Waals surface area contributed by atoms with E-state index in [2.05, 4.69) is 4.72 Å². The van der Waals surface area contributed by atoms with Crippen LogP contribution < -0.4 is 4.72 Å². The summed E-state index contributed by atoms with van der Waals surface area (Å²) < 4.78 is 47.5. The molecule has 2 N–H and O–H groups in total. The van der Waals surface area contributed by atoms with Gasteiger partial charge in [0.25, 0.3) is 0 Å². The van der Waals surface area contributed by atoms with E-state index in [0.29, 0.717) is 18.8 Å². The Hall–Kier alpha value is -0.180. The van der Waals surface area contributed by atoms with Crippen molar-refractivity contribution in [1.29, 1.82) is 0 Å². The van der Waals surface area contributed by atoms with E-state index in [1.165, 1.54) is 0 Å². The van der Waals surface area contributed by atoms with Crippen LogP contribution in [0.25, 0.3) is 0 Å². The minimum atomic E-state index is -3.66. The molecule has 1 fully saturated rings. The average Bonchev–Trinajstić information content (AvgIpc) is 2.23. The van der Waals surface area contributed by atoms with E-state index in [0.717, 1.165) is 19.1 Å². The first kappa shape index (κ1) is 16.9. The van der Waals surface area contributed by atoms with Crippen molar-refractivity contribution in [3.05, 3.63) is 0 Å². The second kappa shape index (κ2) is 6.07. The van der Waals surface area contributed by atoms with E-state index < -0.39 is 37.0 Å². The molecule has 1 aliphatic rings. The fourth-order valence-electron chi connectivity index (χ4n) is 2.37. The molecule has 0 heterocycles. The molecule has 1 saturated carbocycles. The molecule has 0 aliphatic heterocycles. The zero-order valence-corrected chi connectivity index (χ0v) is 13.1. The predicted octanol–water partition coefficient (Wildman–Crippen LogP) is -0.108. The molecular formula is C11H23NO5S2. The van der Waals surface area contributed by atoms with Gasteiger partial charge in [-0.3, -0.25) is 0 Å². The highest BCUT2D eigenvalue weighted by Crippen LogP contribution is 2.31. The molecule has 0 spiro atoms. The number of aliphatic hydroxyl groups is 1. The average molecular weight is 313 g/mol. The summed E-state index contributed by atoms with van der Waals surface area (Å²) in [5.74, 6) is -0.492. The normalized spacial score (nSPS) is 29.3. The third-order valence-corrected chi connectivity index (χ3v) is 5.94. The van der Waals surface area contributed by atoms with Crippen LogP contribution in [0.4, 0.5) is 0 Å². The third kappa shape index (κ3) is 6.69. The summed E-state index contributed by atoms with van der Waals surface area (Å²) in [6.07, 6.45) is 4.07. The molecule has 6 nitrogen and oxygen atoms in total. The van der Waals surface area contributed by atoms with Crippen LogP contribution in [0.1, 0.15) is 32.6 Å². The van der Waals surface area contributed by atoms with E-state index in [4.69, 9.17) is 0 Å². The Morgan fingerprint density at radius 1 is 1.26 bits per heavy atom. The van der Waals surface area contributed by atoms with Crippen LogP contribution in [0.5, 0.6) is 0 Å². The van der Waals surface area contributed by atoms with E-state index in [-0.39, 0.29) is 6.54 Å². The van der Waals surface area contributed by atoms with Gasteiger partial charge in [0, 0.05) is 12.8 Å². The van der Waals surface area contributed by atoms with Gasteiger partial charge in [-0.05, 0) is 18.8 Å². The van der Waals surface area contributed by atoms with Gasteiger partial charge in [-0.2, -0.15) is 0 Å². The molecule has 19 heavy (non-hydrogen) atoms. The summed E-state index contributed by atoms with van der Waals surface area (Å²) in [7, 11) is -6.97. The van der Waals surface area contributed by atoms with Crippen LogP contribution in [0, 0.1) is 5.92 Å². The van der Waals surface area contributed by atoms with Gasteiger partial charge in [0.2, 0.25) is 10.0 Å². The van der Waals surface area contributed by atoms with Crippen LogP contribution in [-0.4, -0.2) is 51.8 Å². The lowest BCUT2D eigenvalue weighted by Gasteiger charge is -2.35. The SMILES string of the molecule is CC1CCCC(O)(CNS(=O)(=O)CCS(C)(=O)=O)C1. The highest BCUT2D eigenvalue weighted by molar-refractivity contribution is 7.93. The van der Waals surface area contributed by atoms with Crippen molar-refractivity contribution in [2.24, 2.45) is 5.92 Å². The van der Waals surface area contributed by atoms with Crippen LogP contribution in [0.3, 0.4) is 0 Å². The molecule has 8 heteroatoms. The van der Waals surface area contributed by atoms with Crippen molar-refractivity contribution in [3.8, 4) is 0 Å². The highest BCUT2D eigenvalue weighted by Gasteiger charge is 2.33. The Balaban J connectivity index is 2.50. The highest BCUT2D eigenvalue weighted by atomic mass is 32.2. The fraction of sp³-hybridized carbons (Fsp3) is 1.00. The summed E-state index contributed by atoms with van der Waals surface area (Å²) in [5.41, 5.74) is -1.00. The van der Waals surface area contributed by atoms with Gasteiger partial charge >= 0.3 is 0 Å². The molecular weight excluding hydrogens is 290 g/mol. The summed E-state index contributed by atoms with van der Waals surface area (Å²) in [5, 5.41) is 10.3. The molecule has 1 aliphatic carbocycles. The zero-order chi connectivity index (χ0) is 14.7. The Bertz CT molecular complexity index is 499.